The minimum atomic E-state index is 0.432. The fourth-order valence-corrected chi connectivity index (χ4v) is 0.496. The predicted molar refractivity (Wildman–Crippen MR) is 49.5 cm³/mol. The van der Waals surface area contributed by atoms with E-state index in [-0.39, 0.29) is 0 Å². The van der Waals surface area contributed by atoms with Gasteiger partial charge in [0.25, 0.3) is 0 Å². The molecule has 10 heavy (non-hydrogen) atoms. The minimum absolute atomic E-state index is 0.432. The molecule has 0 aliphatic carbocycles. The van der Waals surface area contributed by atoms with E-state index >= 15 is 0 Å². The van der Waals surface area contributed by atoms with Gasteiger partial charge in [-0.25, -0.2) is 0 Å². The predicted octanol–water partition coefficient (Wildman–Crippen LogP) is -3.36. The molecule has 4 N–H and O–H groups in total. The van der Waals surface area contributed by atoms with E-state index in [4.69, 9.17) is 0 Å². The third kappa shape index (κ3) is 1.62. The molecule has 4 heteroatoms. The SMILES string of the molecule is [BH3-][NH2+]c1ccc([NH2+][BH3-])cc1. The van der Waals surface area contributed by atoms with Crippen LogP contribution >= 0.6 is 0 Å². The first kappa shape index (κ1) is 7.38. The number of rotatable bonds is 2. The Morgan fingerprint density at radius 2 is 1.10 bits per heavy atom. The number of quaternary nitrogens is 2. The van der Waals surface area contributed by atoms with Crippen LogP contribution in [-0.2, 0) is 0 Å². The lowest BCUT2D eigenvalue weighted by molar-refractivity contribution is -0.411. The van der Waals surface area contributed by atoms with Crippen molar-refractivity contribution in [2.24, 2.45) is 0 Å². The van der Waals surface area contributed by atoms with Gasteiger partial charge in [-0.05, 0) is 0 Å². The molecular weight excluding hydrogens is 122 g/mol. The highest BCUT2D eigenvalue weighted by molar-refractivity contribution is 5.95. The topological polar surface area (TPSA) is 33.2 Å². The first-order valence-corrected chi connectivity index (χ1v) is 2.40. The summed E-state index contributed by atoms with van der Waals surface area (Å²) in [5.41, 5.74) is 2.84. The third-order valence-electron chi connectivity index (χ3n) is 0.936. The van der Waals surface area contributed by atoms with Gasteiger partial charge >= 0.3 is 0 Å². The van der Waals surface area contributed by atoms with E-state index in [1.807, 2.05) is 0 Å². The summed E-state index contributed by atoms with van der Waals surface area (Å²) >= 11 is 0. The zero-order valence-corrected chi connectivity index (χ0v) is 4.46. The average molecular weight is 136 g/mol. The average Bonchev–Trinajstić information content (AvgIpc) is 2.05. The first-order valence-electron chi connectivity index (χ1n) is 2.40. The van der Waals surface area contributed by atoms with Gasteiger partial charge in [-0.2, -0.15) is 0 Å². The molecule has 0 bridgehead atoms. The van der Waals surface area contributed by atoms with Crippen LogP contribution in [0.25, 0.3) is 0 Å². The van der Waals surface area contributed by atoms with Crippen molar-refractivity contribution < 1.29 is 10.5 Å². The first-order chi connectivity index (χ1) is 4.86. The van der Waals surface area contributed by atoms with E-state index in [1.165, 1.54) is 11.4 Å². The summed E-state index contributed by atoms with van der Waals surface area (Å²) < 4.78 is 0. The van der Waals surface area contributed by atoms with Crippen molar-refractivity contribution in [1.29, 1.82) is 0 Å². The largest absolute Gasteiger partial charge is 0.510 e. The number of nitrogens with two attached hydrogens (primary N) is 2. The number of hydrogen-bond donors (Lipinski definition) is 2. The molecule has 0 saturated carbocycles. The van der Waals surface area contributed by atoms with Crippen molar-refractivity contribution >= 4 is 27.3 Å². The second-order valence-electron chi connectivity index (χ2n) is 1.67. The van der Waals surface area contributed by atoms with Gasteiger partial charge in [0.15, 0.2) is 16.0 Å². The zero-order chi connectivity index (χ0) is 7.40. The quantitative estimate of drug-likeness (QED) is 0.314. The summed E-state index contributed by atoms with van der Waals surface area (Å²) in [5, 5.41) is 4.73. The van der Waals surface area contributed by atoms with Crippen molar-refractivity contribution in [2.75, 3.05) is 0 Å². The molecule has 0 fully saturated rings. The van der Waals surface area contributed by atoms with E-state index < -0.39 is 0 Å². The fraction of sp³-hybridized carbons (Fsp3) is 0. The molecule has 1 rings (SSSR count). The summed E-state index contributed by atoms with van der Waals surface area (Å²) in [6, 6.07) is 8.89. The molecule has 0 unspecified atom stereocenters. The Labute approximate surface area is 62.9 Å². The van der Waals surface area contributed by atoms with Gasteiger partial charge in [0, 0.05) is 24.3 Å². The van der Waals surface area contributed by atoms with Crippen LogP contribution in [0.3, 0.4) is 0 Å². The second kappa shape index (κ2) is 3.44. The number of benzene rings is 1. The van der Waals surface area contributed by atoms with Crippen LogP contribution in [0.5, 0.6) is 0 Å². The molecule has 54 valence electrons. The molecule has 1 aromatic carbocycles. The maximum absolute atomic E-state index is 2.37. The Bertz CT molecular complexity index is 174. The van der Waals surface area contributed by atoms with Crippen LogP contribution in [0.1, 0.15) is 0 Å². The Balaban J connectivity index is 2.80. The maximum Gasteiger partial charge on any atom is 0.170 e. The van der Waals surface area contributed by atoms with E-state index in [2.05, 4.69) is 34.7 Å². The zero-order valence-electron chi connectivity index (χ0n) is 4.46. The molecule has 0 saturated heterocycles. The molecule has 0 aliphatic heterocycles. The Kier molecular flexibility index (Phi) is 2.54. The van der Waals surface area contributed by atoms with Crippen LogP contribution in [0.4, 0.5) is 11.4 Å². The lowest BCUT2D eigenvalue weighted by atomic mass is 10.2. The Morgan fingerprint density at radius 3 is 1.30 bits per heavy atom. The Morgan fingerprint density at radius 1 is 0.800 bits per heavy atom. The summed E-state index contributed by atoms with van der Waals surface area (Å²) in [5.74, 6) is 0. The summed E-state index contributed by atoms with van der Waals surface area (Å²) in [6.45, 7) is 0. The van der Waals surface area contributed by atoms with E-state index in [9.17, 15) is 0 Å². The lowest BCUT2D eigenvalue weighted by Gasteiger charge is -2.00. The van der Waals surface area contributed by atoms with Crippen molar-refractivity contribution in [3.8, 4) is 0 Å². The van der Waals surface area contributed by atoms with Crippen LogP contribution in [0.2, 0.25) is 0 Å². The van der Waals surface area contributed by atoms with Crippen molar-refractivity contribution in [3.05, 3.63) is 24.3 Å². The molecule has 0 radical (unpaired) electrons. The maximum atomic E-state index is 2.37. The van der Waals surface area contributed by atoms with E-state index in [0.29, 0.717) is 16.0 Å². The highest BCUT2D eigenvalue weighted by Crippen LogP contribution is 2.02. The van der Waals surface area contributed by atoms with Crippen LogP contribution in [0.15, 0.2) is 24.3 Å². The van der Waals surface area contributed by atoms with Crippen LogP contribution < -0.4 is 10.5 Å². The highest BCUT2D eigenvalue weighted by Gasteiger charge is 1.89. The van der Waals surface area contributed by atoms with Crippen LogP contribution in [0, 0.1) is 0 Å². The molecule has 0 amide bonds. The summed E-state index contributed by atoms with van der Waals surface area (Å²) in [4.78, 5) is 0. The van der Waals surface area contributed by atoms with Gasteiger partial charge in [-0.15, -0.1) is 0 Å². The molecule has 0 atom stereocenters. The second-order valence-corrected chi connectivity index (χ2v) is 1.67. The monoisotopic (exact) mass is 136 g/mol. The molecular formula is C6H14B2N2. The lowest BCUT2D eigenvalue weighted by Crippen LogP contribution is -2.76. The van der Waals surface area contributed by atoms with Crippen LogP contribution in [-0.4, -0.2) is 16.0 Å². The van der Waals surface area contributed by atoms with Gasteiger partial charge in [-0.1, -0.05) is 0 Å². The van der Waals surface area contributed by atoms with Crippen molar-refractivity contribution in [1.82, 2.24) is 0 Å². The van der Waals surface area contributed by atoms with Gasteiger partial charge in [-0.3, -0.25) is 0 Å². The van der Waals surface area contributed by atoms with E-state index in [0.717, 1.165) is 0 Å². The standard InChI is InChI=1S/C6H14B2N2/c7-9-5-1-2-6(10-8)4-3-5/h1-4H,9-10H2,7-8H3. The molecule has 1 aromatic rings. The van der Waals surface area contributed by atoms with Gasteiger partial charge in [0.05, 0.1) is 11.4 Å². The Hall–Kier alpha value is -0.730. The molecule has 2 nitrogen and oxygen atoms in total. The van der Waals surface area contributed by atoms with E-state index in [1.54, 1.807) is 0 Å². The normalized spacial score (nSPS) is 9.80. The number of hydrogen-bond acceptors (Lipinski definition) is 0. The third-order valence-corrected chi connectivity index (χ3v) is 0.936. The summed E-state index contributed by atoms with van der Waals surface area (Å²) in [7, 11) is 0.864. The molecule has 0 aliphatic rings. The molecule has 0 heterocycles. The van der Waals surface area contributed by atoms with Crippen molar-refractivity contribution in [3.63, 3.8) is 0 Å². The fourth-order valence-electron chi connectivity index (χ4n) is 0.496. The smallest absolute Gasteiger partial charge is 0.170 e. The molecule has 0 spiro atoms. The molecule has 0 aromatic heterocycles. The summed E-state index contributed by atoms with van der Waals surface area (Å²) in [6.07, 6.45) is 0. The van der Waals surface area contributed by atoms with Crippen molar-refractivity contribution in [2.45, 2.75) is 0 Å². The van der Waals surface area contributed by atoms with Gasteiger partial charge in [0.2, 0.25) is 0 Å². The minimum Gasteiger partial charge on any atom is -0.510 e. The van der Waals surface area contributed by atoms with Gasteiger partial charge in [0.1, 0.15) is 0 Å². The highest BCUT2D eigenvalue weighted by atomic mass is 14.8. The van der Waals surface area contributed by atoms with Gasteiger partial charge < -0.3 is 10.5 Å².